The van der Waals surface area contributed by atoms with Gasteiger partial charge in [0.2, 0.25) is 5.91 Å². The van der Waals surface area contributed by atoms with E-state index < -0.39 is 5.97 Å². The molecule has 2 saturated carbocycles. The number of hydrogen-bond acceptors (Lipinski definition) is 7. The Labute approximate surface area is 216 Å². The summed E-state index contributed by atoms with van der Waals surface area (Å²) in [6.45, 7) is 10.3. The lowest BCUT2D eigenvalue weighted by Crippen LogP contribution is -2.47. The van der Waals surface area contributed by atoms with Crippen LogP contribution in [0.1, 0.15) is 99.4 Å². The number of aryl methyl sites for hydroxylation is 1. The van der Waals surface area contributed by atoms with E-state index in [2.05, 4.69) is 37.1 Å². The van der Waals surface area contributed by atoms with Crippen molar-refractivity contribution in [2.45, 2.75) is 104 Å². The minimum Gasteiger partial charge on any atom is -0.477 e. The van der Waals surface area contributed by atoms with E-state index in [0.717, 1.165) is 56.2 Å². The number of hydrogen-bond donors (Lipinski definition) is 1. The van der Waals surface area contributed by atoms with Crippen molar-refractivity contribution >= 4 is 40.4 Å². The Morgan fingerprint density at radius 2 is 1.74 bits per heavy atom. The van der Waals surface area contributed by atoms with Gasteiger partial charge in [-0.05, 0) is 75.7 Å². The fourth-order valence-corrected chi connectivity index (χ4v) is 6.82. The van der Waals surface area contributed by atoms with Crippen molar-refractivity contribution in [3.05, 3.63) is 21.6 Å². The minimum absolute atomic E-state index is 0.0293. The first-order valence-corrected chi connectivity index (χ1v) is 14.3. The van der Waals surface area contributed by atoms with Crippen LogP contribution in [0.3, 0.4) is 0 Å². The predicted octanol–water partition coefficient (Wildman–Crippen LogP) is 6.45. The second-order valence-electron chi connectivity index (χ2n) is 11.2. The normalized spacial score (nSPS) is 25.3. The highest BCUT2D eigenvalue weighted by molar-refractivity contribution is 7.14. The molecule has 2 aliphatic rings. The first-order valence-electron chi connectivity index (χ1n) is 12.7. The number of anilines is 1. The number of thiophene rings is 1. The highest BCUT2D eigenvalue weighted by atomic mass is 32.1. The molecule has 0 radical (unpaired) electrons. The van der Waals surface area contributed by atoms with Crippen LogP contribution in [0, 0.1) is 18.8 Å². The standard InChI is InChI=1S/C26H37N3O4S2/c1-15-6-8-17(9-7-15)23(30)29(20-14-21(26(3,4)5)34-22(20)24(31)32)18-10-12-19(13-11-18)33-25-27-16(2)28-35-25/h14-15,17-19H,6-13H2,1-5H3,(H,31,32)/t15-,17-,18?,19?. The van der Waals surface area contributed by atoms with Crippen molar-refractivity contribution in [2.75, 3.05) is 4.90 Å². The number of carbonyl (C=O) groups is 2. The van der Waals surface area contributed by atoms with Crippen molar-refractivity contribution in [3.63, 3.8) is 0 Å². The molecule has 35 heavy (non-hydrogen) atoms. The van der Waals surface area contributed by atoms with Crippen LogP contribution in [0.25, 0.3) is 0 Å². The Kier molecular flexibility index (Phi) is 7.86. The quantitative estimate of drug-likeness (QED) is 0.471. The smallest absolute Gasteiger partial charge is 0.348 e. The van der Waals surface area contributed by atoms with Gasteiger partial charge >= 0.3 is 5.97 Å². The van der Waals surface area contributed by atoms with Gasteiger partial charge in [-0.3, -0.25) is 4.79 Å². The van der Waals surface area contributed by atoms with Crippen molar-refractivity contribution < 1.29 is 19.4 Å². The molecule has 2 aliphatic carbocycles. The Morgan fingerprint density at radius 1 is 1.09 bits per heavy atom. The number of amides is 1. The summed E-state index contributed by atoms with van der Waals surface area (Å²) in [5.74, 6) is 0.461. The lowest BCUT2D eigenvalue weighted by Gasteiger charge is -2.39. The van der Waals surface area contributed by atoms with E-state index in [4.69, 9.17) is 4.74 Å². The molecule has 2 heterocycles. The minimum atomic E-state index is -0.959. The molecular formula is C26H37N3O4S2. The molecule has 0 unspecified atom stereocenters. The molecule has 4 rings (SSSR count). The lowest BCUT2D eigenvalue weighted by molar-refractivity contribution is -0.124. The highest BCUT2D eigenvalue weighted by Crippen LogP contribution is 2.42. The summed E-state index contributed by atoms with van der Waals surface area (Å²) in [6, 6.07) is 1.93. The molecule has 0 bridgehead atoms. The zero-order valence-electron chi connectivity index (χ0n) is 21.4. The van der Waals surface area contributed by atoms with E-state index in [0.29, 0.717) is 22.6 Å². The zero-order valence-corrected chi connectivity index (χ0v) is 23.0. The summed E-state index contributed by atoms with van der Waals surface area (Å²) in [5.41, 5.74) is 0.396. The first kappa shape index (κ1) is 26.1. The van der Waals surface area contributed by atoms with Crippen LogP contribution >= 0.6 is 22.9 Å². The second-order valence-corrected chi connectivity index (χ2v) is 13.0. The third kappa shape index (κ3) is 6.05. The molecule has 1 N–H and O–H groups in total. The first-order chi connectivity index (χ1) is 16.5. The van der Waals surface area contributed by atoms with Crippen molar-refractivity contribution in [2.24, 2.45) is 11.8 Å². The second kappa shape index (κ2) is 10.5. The monoisotopic (exact) mass is 519 g/mol. The van der Waals surface area contributed by atoms with Crippen molar-refractivity contribution in [1.82, 2.24) is 9.36 Å². The van der Waals surface area contributed by atoms with Gasteiger partial charge in [-0.15, -0.1) is 11.3 Å². The molecule has 7 nitrogen and oxygen atoms in total. The maximum absolute atomic E-state index is 14.0. The van der Waals surface area contributed by atoms with Crippen LogP contribution in [0.5, 0.6) is 5.19 Å². The molecule has 1 amide bonds. The summed E-state index contributed by atoms with van der Waals surface area (Å²) in [5, 5.41) is 10.7. The Hall–Kier alpha value is -2.00. The number of nitrogens with zero attached hydrogens (tertiary/aromatic N) is 3. The van der Waals surface area contributed by atoms with Gasteiger partial charge in [0.1, 0.15) is 16.8 Å². The summed E-state index contributed by atoms with van der Waals surface area (Å²) < 4.78 is 10.3. The molecule has 2 aromatic heterocycles. The molecule has 0 spiro atoms. The van der Waals surface area contributed by atoms with Crippen LogP contribution in [0.15, 0.2) is 6.07 Å². The van der Waals surface area contributed by atoms with E-state index in [1.807, 2.05) is 17.9 Å². The predicted molar refractivity (Wildman–Crippen MR) is 140 cm³/mol. The Morgan fingerprint density at radius 3 is 2.29 bits per heavy atom. The van der Waals surface area contributed by atoms with Gasteiger partial charge in [0.25, 0.3) is 5.19 Å². The average Bonchev–Trinajstić information content (AvgIpc) is 3.42. The van der Waals surface area contributed by atoms with E-state index in [1.165, 1.54) is 22.9 Å². The van der Waals surface area contributed by atoms with E-state index in [-0.39, 0.29) is 34.3 Å². The van der Waals surface area contributed by atoms with Gasteiger partial charge < -0.3 is 14.7 Å². The number of carbonyl (C=O) groups excluding carboxylic acids is 1. The molecule has 192 valence electrons. The van der Waals surface area contributed by atoms with Crippen LogP contribution in [-0.2, 0) is 10.2 Å². The summed E-state index contributed by atoms with van der Waals surface area (Å²) >= 11 is 2.57. The molecule has 9 heteroatoms. The molecule has 0 aliphatic heterocycles. The van der Waals surface area contributed by atoms with E-state index in [1.54, 1.807) is 0 Å². The van der Waals surface area contributed by atoms with Gasteiger partial charge in [0, 0.05) is 28.4 Å². The molecule has 0 atom stereocenters. The summed E-state index contributed by atoms with van der Waals surface area (Å²) in [4.78, 5) is 33.7. The topological polar surface area (TPSA) is 92.6 Å². The zero-order chi connectivity index (χ0) is 25.3. The number of rotatable bonds is 6. The van der Waals surface area contributed by atoms with Crippen LogP contribution in [0.4, 0.5) is 5.69 Å². The third-order valence-electron chi connectivity index (χ3n) is 7.29. The van der Waals surface area contributed by atoms with Gasteiger partial charge in [-0.25, -0.2) is 4.79 Å². The van der Waals surface area contributed by atoms with Crippen molar-refractivity contribution in [1.29, 1.82) is 0 Å². The molecule has 0 aromatic carbocycles. The average molecular weight is 520 g/mol. The molecule has 0 saturated heterocycles. The largest absolute Gasteiger partial charge is 0.477 e. The number of carboxylic acids is 1. The van der Waals surface area contributed by atoms with E-state index in [9.17, 15) is 14.7 Å². The van der Waals surface area contributed by atoms with Crippen LogP contribution in [0.2, 0.25) is 0 Å². The Bertz CT molecular complexity index is 1040. The Balaban J connectivity index is 1.60. The number of ether oxygens (including phenoxy) is 1. The fraction of sp³-hybridized carbons (Fsp3) is 0.692. The van der Waals surface area contributed by atoms with Gasteiger partial charge in [0.05, 0.1) is 5.69 Å². The third-order valence-corrected chi connectivity index (χ3v) is 9.53. The van der Waals surface area contributed by atoms with Crippen molar-refractivity contribution in [3.8, 4) is 5.19 Å². The van der Waals surface area contributed by atoms with E-state index >= 15 is 0 Å². The van der Waals surface area contributed by atoms with Crippen LogP contribution in [-0.4, -0.2) is 38.5 Å². The summed E-state index contributed by atoms with van der Waals surface area (Å²) in [6.07, 6.45) is 7.05. The molecular weight excluding hydrogens is 482 g/mol. The number of aromatic nitrogens is 2. The maximum Gasteiger partial charge on any atom is 0.348 e. The van der Waals surface area contributed by atoms with Gasteiger partial charge in [-0.2, -0.15) is 9.36 Å². The SMILES string of the molecule is Cc1nsc(OC2CCC(N(c3cc(C(C)(C)C)sc3C(=O)O)C(=O)[C@H]3CC[C@H](C)CC3)CC2)n1. The number of aromatic carboxylic acids is 1. The highest BCUT2D eigenvalue weighted by Gasteiger charge is 2.38. The van der Waals surface area contributed by atoms with Gasteiger partial charge in [0.15, 0.2) is 0 Å². The van der Waals surface area contributed by atoms with Gasteiger partial charge in [-0.1, -0.05) is 27.7 Å². The number of carboxylic acid groups (broad SMARTS) is 1. The fourth-order valence-electron chi connectivity index (χ4n) is 5.17. The summed E-state index contributed by atoms with van der Waals surface area (Å²) in [7, 11) is 0. The van der Waals surface area contributed by atoms with Crippen LogP contribution < -0.4 is 9.64 Å². The maximum atomic E-state index is 14.0. The lowest BCUT2D eigenvalue weighted by atomic mass is 9.81. The molecule has 2 fully saturated rings. The molecule has 2 aromatic rings.